The average Bonchev–Trinajstić information content (AvgIpc) is 2.98. The van der Waals surface area contributed by atoms with E-state index in [1.807, 2.05) is 6.07 Å². The number of pyridine rings is 1. The summed E-state index contributed by atoms with van der Waals surface area (Å²) in [6.45, 7) is 0. The molecular formula is C11H9NOS. The molecule has 2 heterocycles. The van der Waals surface area contributed by atoms with Gasteiger partial charge in [-0.15, -0.1) is 11.3 Å². The van der Waals surface area contributed by atoms with Crippen LogP contribution in [0.25, 0.3) is 10.2 Å². The highest BCUT2D eigenvalue weighted by molar-refractivity contribution is 7.20. The van der Waals surface area contributed by atoms with E-state index in [-0.39, 0.29) is 0 Å². The predicted octanol–water partition coefficient (Wildman–Crippen LogP) is 2.99. The van der Waals surface area contributed by atoms with E-state index in [1.165, 1.54) is 35.1 Å². The molecule has 1 aliphatic rings. The summed E-state index contributed by atoms with van der Waals surface area (Å²) >= 11 is 1.51. The fourth-order valence-electron chi connectivity index (χ4n) is 1.85. The van der Waals surface area contributed by atoms with E-state index in [4.69, 9.17) is 0 Å². The summed E-state index contributed by atoms with van der Waals surface area (Å²) in [5.74, 6) is 0.619. The third kappa shape index (κ3) is 1.09. The summed E-state index contributed by atoms with van der Waals surface area (Å²) in [5, 5.41) is 1.18. The molecule has 2 aromatic heterocycles. The van der Waals surface area contributed by atoms with Crippen LogP contribution < -0.4 is 0 Å². The lowest BCUT2D eigenvalue weighted by Gasteiger charge is -1.95. The third-order valence-electron chi connectivity index (χ3n) is 2.63. The van der Waals surface area contributed by atoms with E-state index >= 15 is 0 Å². The van der Waals surface area contributed by atoms with Crippen LogP contribution in [0.5, 0.6) is 0 Å². The van der Waals surface area contributed by atoms with Crippen molar-refractivity contribution >= 4 is 27.8 Å². The maximum atomic E-state index is 10.9. The van der Waals surface area contributed by atoms with E-state index in [0.29, 0.717) is 5.92 Å². The van der Waals surface area contributed by atoms with Gasteiger partial charge >= 0.3 is 0 Å². The van der Waals surface area contributed by atoms with Gasteiger partial charge in [-0.25, -0.2) is 4.98 Å². The van der Waals surface area contributed by atoms with Crippen LogP contribution in [0.2, 0.25) is 0 Å². The number of carbonyl (C=O) groups is 1. The number of thiophene rings is 1. The van der Waals surface area contributed by atoms with Gasteiger partial charge in [-0.1, -0.05) is 6.07 Å². The molecule has 3 heteroatoms. The number of fused-ring (bicyclic) bond motifs is 1. The summed E-state index contributed by atoms with van der Waals surface area (Å²) in [4.78, 5) is 17.1. The molecule has 1 fully saturated rings. The van der Waals surface area contributed by atoms with Crippen molar-refractivity contribution in [3.05, 3.63) is 28.8 Å². The molecule has 2 aromatic rings. The normalized spacial score (nSPS) is 16.0. The second-order valence-electron chi connectivity index (χ2n) is 3.63. The second kappa shape index (κ2) is 2.89. The van der Waals surface area contributed by atoms with Crippen molar-refractivity contribution in [1.82, 2.24) is 4.98 Å². The Labute approximate surface area is 85.6 Å². The zero-order valence-corrected chi connectivity index (χ0v) is 8.38. The first-order valence-electron chi connectivity index (χ1n) is 4.72. The van der Waals surface area contributed by atoms with Gasteiger partial charge in [0.25, 0.3) is 0 Å². The molecule has 2 nitrogen and oxygen atoms in total. The van der Waals surface area contributed by atoms with Gasteiger partial charge in [-0.2, -0.15) is 0 Å². The fourth-order valence-corrected chi connectivity index (χ4v) is 2.89. The summed E-state index contributed by atoms with van der Waals surface area (Å²) in [7, 11) is 0. The van der Waals surface area contributed by atoms with Gasteiger partial charge < -0.3 is 0 Å². The molecule has 14 heavy (non-hydrogen) atoms. The van der Waals surface area contributed by atoms with Crippen molar-refractivity contribution in [2.75, 3.05) is 0 Å². The Morgan fingerprint density at radius 3 is 3.07 bits per heavy atom. The lowest BCUT2D eigenvalue weighted by molar-refractivity contribution is 0.112. The largest absolute Gasteiger partial charge is 0.297 e. The first-order valence-corrected chi connectivity index (χ1v) is 5.54. The number of aromatic nitrogens is 1. The summed E-state index contributed by atoms with van der Waals surface area (Å²) in [6, 6.07) is 4.01. The minimum absolute atomic E-state index is 0.619. The molecule has 0 aromatic carbocycles. The standard InChI is InChI=1S/C11H9NOS/c13-6-9-10(7-3-4-7)8-2-1-5-12-11(8)14-9/h1-2,5-7H,3-4H2. The van der Waals surface area contributed by atoms with E-state index < -0.39 is 0 Å². The Morgan fingerprint density at radius 1 is 1.50 bits per heavy atom. The molecule has 0 saturated heterocycles. The SMILES string of the molecule is O=Cc1sc2ncccc2c1C1CC1. The second-order valence-corrected chi connectivity index (χ2v) is 4.66. The van der Waals surface area contributed by atoms with Gasteiger partial charge in [0.05, 0.1) is 4.88 Å². The highest BCUT2D eigenvalue weighted by atomic mass is 32.1. The van der Waals surface area contributed by atoms with E-state index in [1.54, 1.807) is 6.20 Å². The first kappa shape index (κ1) is 8.12. The number of hydrogen-bond donors (Lipinski definition) is 0. The lowest BCUT2D eigenvalue weighted by Crippen LogP contribution is -1.82. The highest BCUT2D eigenvalue weighted by Crippen LogP contribution is 2.46. The number of nitrogens with zero attached hydrogens (tertiary/aromatic N) is 1. The molecule has 0 aliphatic heterocycles. The molecule has 70 valence electrons. The van der Waals surface area contributed by atoms with Crippen molar-refractivity contribution in [1.29, 1.82) is 0 Å². The zero-order chi connectivity index (χ0) is 9.54. The maximum absolute atomic E-state index is 10.9. The Morgan fingerprint density at radius 2 is 2.36 bits per heavy atom. The van der Waals surface area contributed by atoms with Gasteiger partial charge in [0.2, 0.25) is 0 Å². The quantitative estimate of drug-likeness (QED) is 0.702. The van der Waals surface area contributed by atoms with Crippen molar-refractivity contribution in [3.63, 3.8) is 0 Å². The van der Waals surface area contributed by atoms with Crippen LogP contribution in [0.1, 0.15) is 34.0 Å². The van der Waals surface area contributed by atoms with Crippen LogP contribution in [0.15, 0.2) is 18.3 Å². The van der Waals surface area contributed by atoms with Crippen molar-refractivity contribution in [2.24, 2.45) is 0 Å². The Bertz CT molecular complexity index is 499. The fraction of sp³-hybridized carbons (Fsp3) is 0.273. The Balaban J connectivity index is 2.35. The Kier molecular flexibility index (Phi) is 1.67. The summed E-state index contributed by atoms with van der Waals surface area (Å²) in [5.41, 5.74) is 1.24. The molecular weight excluding hydrogens is 194 g/mol. The molecule has 1 saturated carbocycles. The highest BCUT2D eigenvalue weighted by Gasteiger charge is 2.29. The lowest BCUT2D eigenvalue weighted by atomic mass is 10.1. The number of rotatable bonds is 2. The van der Waals surface area contributed by atoms with Crippen molar-refractivity contribution in [2.45, 2.75) is 18.8 Å². The van der Waals surface area contributed by atoms with E-state index in [9.17, 15) is 4.79 Å². The minimum Gasteiger partial charge on any atom is -0.297 e. The van der Waals surface area contributed by atoms with Crippen LogP contribution >= 0.6 is 11.3 Å². The molecule has 0 unspecified atom stereocenters. The molecule has 0 N–H and O–H groups in total. The minimum atomic E-state index is 0.619. The van der Waals surface area contributed by atoms with E-state index in [2.05, 4.69) is 11.1 Å². The average molecular weight is 203 g/mol. The first-order chi connectivity index (χ1) is 6.90. The number of hydrogen-bond acceptors (Lipinski definition) is 3. The van der Waals surface area contributed by atoms with Crippen molar-refractivity contribution < 1.29 is 4.79 Å². The predicted molar refractivity (Wildman–Crippen MR) is 57.0 cm³/mol. The topological polar surface area (TPSA) is 30.0 Å². The molecule has 0 bridgehead atoms. The van der Waals surface area contributed by atoms with Crippen LogP contribution in [0.4, 0.5) is 0 Å². The smallest absolute Gasteiger partial charge is 0.160 e. The van der Waals surface area contributed by atoms with Crippen LogP contribution in [-0.2, 0) is 0 Å². The van der Waals surface area contributed by atoms with Crippen LogP contribution in [0, 0.1) is 0 Å². The van der Waals surface area contributed by atoms with Crippen molar-refractivity contribution in [3.8, 4) is 0 Å². The maximum Gasteiger partial charge on any atom is 0.160 e. The Hall–Kier alpha value is -1.22. The van der Waals surface area contributed by atoms with Crippen LogP contribution in [0.3, 0.4) is 0 Å². The van der Waals surface area contributed by atoms with E-state index in [0.717, 1.165) is 16.0 Å². The molecule has 0 amide bonds. The molecule has 0 radical (unpaired) electrons. The molecule has 0 spiro atoms. The summed E-state index contributed by atoms with van der Waals surface area (Å²) < 4.78 is 0. The van der Waals surface area contributed by atoms with Gasteiger partial charge in [-0.05, 0) is 30.4 Å². The van der Waals surface area contributed by atoms with Gasteiger partial charge in [0, 0.05) is 11.6 Å². The number of aldehydes is 1. The van der Waals surface area contributed by atoms with Crippen LogP contribution in [-0.4, -0.2) is 11.3 Å². The van der Waals surface area contributed by atoms with Gasteiger partial charge in [0.1, 0.15) is 4.83 Å². The third-order valence-corrected chi connectivity index (χ3v) is 3.68. The monoisotopic (exact) mass is 203 g/mol. The number of carbonyl (C=O) groups excluding carboxylic acids is 1. The zero-order valence-electron chi connectivity index (χ0n) is 7.56. The van der Waals surface area contributed by atoms with Gasteiger partial charge in [0.15, 0.2) is 6.29 Å². The van der Waals surface area contributed by atoms with Gasteiger partial charge in [-0.3, -0.25) is 4.79 Å². The summed E-state index contributed by atoms with van der Waals surface area (Å²) in [6.07, 6.45) is 5.20. The molecule has 3 rings (SSSR count). The molecule has 0 atom stereocenters. The molecule has 1 aliphatic carbocycles.